The van der Waals surface area contributed by atoms with Crippen LogP contribution in [0.25, 0.3) is 0 Å². The Balaban J connectivity index is 1.40. The molecule has 1 N–H and O–H groups in total. The number of aryl methyl sites for hydroxylation is 2. The predicted octanol–water partition coefficient (Wildman–Crippen LogP) is 3.93. The fourth-order valence-corrected chi connectivity index (χ4v) is 4.09. The highest BCUT2D eigenvalue weighted by Gasteiger charge is 2.61. The number of carbonyl (C=O) groups excluding carboxylic acids is 2. The average molecular weight is 366 g/mol. The minimum Gasteiger partial charge on any atom is -0.338 e. The monoisotopic (exact) mass is 366 g/mol. The average Bonchev–Trinajstić information content (AvgIpc) is 3.17. The first kappa shape index (κ1) is 17.7. The van der Waals surface area contributed by atoms with E-state index < -0.39 is 0 Å². The number of rotatable bonds is 3. The fourth-order valence-electron chi connectivity index (χ4n) is 4.09. The minimum atomic E-state index is -0.371. The van der Waals surface area contributed by atoms with E-state index in [-0.39, 0.29) is 29.0 Å². The number of hydrogen-bond donors (Lipinski definition) is 1. The Morgan fingerprint density at radius 1 is 1.15 bits per heavy atom. The summed E-state index contributed by atoms with van der Waals surface area (Å²) in [5.74, 6) is -0.532. The molecule has 4 nitrogen and oxygen atoms in total. The molecule has 4 rings (SSSR count). The van der Waals surface area contributed by atoms with Crippen LogP contribution >= 0.6 is 0 Å². The standard InChI is InChI=1S/C22H23FN2O2/c1-14-6-7-16(10-15(14)2)21(27)25-9-8-22(13-25)12-19(22)20(26)24-18-5-3-4-17(23)11-18/h3-7,10-11,19H,8-9,12-13H2,1-2H3,(H,24,26)/t19-,22-/m0/s1. The van der Waals surface area contributed by atoms with Gasteiger partial charge in [-0.1, -0.05) is 12.1 Å². The lowest BCUT2D eigenvalue weighted by atomic mass is 10.0. The molecule has 0 unspecified atom stereocenters. The highest BCUT2D eigenvalue weighted by Crippen LogP contribution is 2.58. The molecule has 0 bridgehead atoms. The van der Waals surface area contributed by atoms with Crippen LogP contribution in [0.2, 0.25) is 0 Å². The van der Waals surface area contributed by atoms with Gasteiger partial charge in [-0.3, -0.25) is 9.59 Å². The van der Waals surface area contributed by atoms with Crippen molar-refractivity contribution in [1.29, 1.82) is 0 Å². The molecule has 1 aliphatic carbocycles. The van der Waals surface area contributed by atoms with Crippen LogP contribution in [0.1, 0.15) is 34.3 Å². The largest absolute Gasteiger partial charge is 0.338 e. The van der Waals surface area contributed by atoms with Crippen molar-refractivity contribution in [2.24, 2.45) is 11.3 Å². The summed E-state index contributed by atoms with van der Waals surface area (Å²) < 4.78 is 13.3. The summed E-state index contributed by atoms with van der Waals surface area (Å²) in [5, 5.41) is 2.80. The summed E-state index contributed by atoms with van der Waals surface area (Å²) in [5.41, 5.74) is 3.33. The Morgan fingerprint density at radius 3 is 2.70 bits per heavy atom. The molecule has 27 heavy (non-hydrogen) atoms. The molecule has 0 aromatic heterocycles. The molecule has 140 valence electrons. The van der Waals surface area contributed by atoms with Crippen molar-refractivity contribution < 1.29 is 14.0 Å². The first-order valence-electron chi connectivity index (χ1n) is 9.31. The van der Waals surface area contributed by atoms with E-state index in [0.29, 0.717) is 24.3 Å². The van der Waals surface area contributed by atoms with Gasteiger partial charge in [-0.15, -0.1) is 0 Å². The predicted molar refractivity (Wildman–Crippen MR) is 102 cm³/mol. The minimum absolute atomic E-state index is 0.0335. The maximum atomic E-state index is 13.3. The third-order valence-corrected chi connectivity index (χ3v) is 6.02. The zero-order valence-electron chi connectivity index (χ0n) is 15.6. The van der Waals surface area contributed by atoms with Gasteiger partial charge in [-0.05, 0) is 68.1 Å². The lowest BCUT2D eigenvalue weighted by Crippen LogP contribution is -2.30. The van der Waals surface area contributed by atoms with Crippen LogP contribution < -0.4 is 5.32 Å². The fraction of sp³-hybridized carbons (Fsp3) is 0.364. The third-order valence-electron chi connectivity index (χ3n) is 6.02. The molecular weight excluding hydrogens is 343 g/mol. The summed E-state index contributed by atoms with van der Waals surface area (Å²) in [6.07, 6.45) is 1.62. The van der Waals surface area contributed by atoms with Gasteiger partial charge in [0.25, 0.3) is 5.91 Å². The number of hydrogen-bond acceptors (Lipinski definition) is 2. The Kier molecular flexibility index (Phi) is 4.25. The van der Waals surface area contributed by atoms with Crippen LogP contribution in [0.3, 0.4) is 0 Å². The Labute approximate surface area is 158 Å². The second-order valence-electron chi connectivity index (χ2n) is 7.89. The molecule has 0 radical (unpaired) electrons. The molecule has 2 fully saturated rings. The van der Waals surface area contributed by atoms with E-state index in [1.54, 1.807) is 12.1 Å². The first-order chi connectivity index (χ1) is 12.9. The summed E-state index contributed by atoms with van der Waals surface area (Å²) in [6, 6.07) is 11.7. The molecule has 2 aromatic rings. The van der Waals surface area contributed by atoms with Crippen LogP contribution in [0.5, 0.6) is 0 Å². The number of benzene rings is 2. The normalized spacial score (nSPS) is 23.5. The van der Waals surface area contributed by atoms with E-state index in [2.05, 4.69) is 5.32 Å². The lowest BCUT2D eigenvalue weighted by Gasteiger charge is -2.17. The second-order valence-corrected chi connectivity index (χ2v) is 7.89. The summed E-state index contributed by atoms with van der Waals surface area (Å²) in [6.45, 7) is 5.32. The number of nitrogens with zero attached hydrogens (tertiary/aromatic N) is 1. The van der Waals surface area contributed by atoms with Gasteiger partial charge in [0, 0.05) is 35.7 Å². The molecular formula is C22H23FN2O2. The zero-order chi connectivity index (χ0) is 19.2. The quantitative estimate of drug-likeness (QED) is 0.895. The molecule has 2 aliphatic rings. The van der Waals surface area contributed by atoms with Gasteiger partial charge in [0.1, 0.15) is 5.82 Å². The molecule has 1 aliphatic heterocycles. The molecule has 1 spiro atoms. The van der Waals surface area contributed by atoms with Crippen LogP contribution in [0.15, 0.2) is 42.5 Å². The maximum Gasteiger partial charge on any atom is 0.253 e. The number of anilines is 1. The van der Waals surface area contributed by atoms with E-state index in [1.165, 1.54) is 17.7 Å². The van der Waals surface area contributed by atoms with Gasteiger partial charge >= 0.3 is 0 Å². The van der Waals surface area contributed by atoms with Crippen LogP contribution in [-0.4, -0.2) is 29.8 Å². The molecule has 1 heterocycles. The summed E-state index contributed by atoms with van der Waals surface area (Å²) >= 11 is 0. The number of amides is 2. The van der Waals surface area contributed by atoms with Crippen molar-refractivity contribution in [3.8, 4) is 0 Å². The molecule has 2 atom stereocenters. The van der Waals surface area contributed by atoms with Gasteiger partial charge < -0.3 is 10.2 Å². The van der Waals surface area contributed by atoms with Crippen molar-refractivity contribution in [2.75, 3.05) is 18.4 Å². The van der Waals surface area contributed by atoms with Crippen molar-refractivity contribution >= 4 is 17.5 Å². The second kappa shape index (κ2) is 6.48. The maximum absolute atomic E-state index is 13.3. The van der Waals surface area contributed by atoms with E-state index in [9.17, 15) is 14.0 Å². The van der Waals surface area contributed by atoms with Gasteiger partial charge in [0.05, 0.1) is 0 Å². The summed E-state index contributed by atoms with van der Waals surface area (Å²) in [7, 11) is 0. The van der Waals surface area contributed by atoms with Crippen molar-refractivity contribution in [3.05, 3.63) is 65.0 Å². The summed E-state index contributed by atoms with van der Waals surface area (Å²) in [4.78, 5) is 27.2. The van der Waals surface area contributed by atoms with Crippen LogP contribution in [0.4, 0.5) is 10.1 Å². The third kappa shape index (κ3) is 3.34. The van der Waals surface area contributed by atoms with Crippen LogP contribution in [-0.2, 0) is 4.79 Å². The topological polar surface area (TPSA) is 49.4 Å². The molecule has 5 heteroatoms. The molecule has 2 aromatic carbocycles. The molecule has 1 saturated carbocycles. The van der Waals surface area contributed by atoms with Crippen molar-refractivity contribution in [1.82, 2.24) is 4.90 Å². The number of halogens is 1. The highest BCUT2D eigenvalue weighted by molar-refractivity contribution is 5.97. The smallest absolute Gasteiger partial charge is 0.253 e. The van der Waals surface area contributed by atoms with E-state index in [0.717, 1.165) is 18.4 Å². The van der Waals surface area contributed by atoms with E-state index >= 15 is 0 Å². The SMILES string of the molecule is Cc1ccc(C(=O)N2CC[C@]3(C[C@H]3C(=O)Nc3cccc(F)c3)C2)cc1C. The zero-order valence-corrected chi connectivity index (χ0v) is 15.6. The van der Waals surface area contributed by atoms with Crippen molar-refractivity contribution in [3.63, 3.8) is 0 Å². The Bertz CT molecular complexity index is 926. The number of carbonyl (C=O) groups is 2. The number of nitrogens with one attached hydrogen (secondary N) is 1. The van der Waals surface area contributed by atoms with E-state index in [4.69, 9.17) is 0 Å². The van der Waals surface area contributed by atoms with Gasteiger partial charge in [0.15, 0.2) is 0 Å². The molecule has 1 saturated heterocycles. The Hall–Kier alpha value is -2.69. The van der Waals surface area contributed by atoms with Gasteiger partial charge in [-0.25, -0.2) is 4.39 Å². The number of likely N-dealkylation sites (tertiary alicyclic amines) is 1. The lowest BCUT2D eigenvalue weighted by molar-refractivity contribution is -0.118. The van der Waals surface area contributed by atoms with Gasteiger partial charge in [0.2, 0.25) is 5.91 Å². The van der Waals surface area contributed by atoms with Crippen molar-refractivity contribution in [2.45, 2.75) is 26.7 Å². The van der Waals surface area contributed by atoms with E-state index in [1.807, 2.05) is 36.9 Å². The van der Waals surface area contributed by atoms with Gasteiger partial charge in [-0.2, -0.15) is 0 Å². The van der Waals surface area contributed by atoms with Crippen LogP contribution in [0, 0.1) is 31.0 Å². The first-order valence-corrected chi connectivity index (χ1v) is 9.31. The molecule has 2 amide bonds. The highest BCUT2D eigenvalue weighted by atomic mass is 19.1. The Morgan fingerprint density at radius 2 is 1.96 bits per heavy atom.